The molecular formula is C19H29N5O5S. The number of likely N-dealkylation sites (tertiary alicyclic amines) is 2. The van der Waals surface area contributed by atoms with Crippen LogP contribution in [0.25, 0.3) is 0 Å². The highest BCUT2D eigenvalue weighted by atomic mass is 32.1. The lowest BCUT2D eigenvalue weighted by atomic mass is 9.84. The zero-order valence-electron chi connectivity index (χ0n) is 17.4. The third-order valence-corrected chi connectivity index (χ3v) is 5.09. The second-order valence-corrected chi connectivity index (χ2v) is 8.28. The Bertz CT molecular complexity index is 787. The van der Waals surface area contributed by atoms with E-state index in [1.807, 2.05) is 0 Å². The van der Waals surface area contributed by atoms with Gasteiger partial charge in [-0.05, 0) is 39.7 Å². The lowest BCUT2D eigenvalue weighted by molar-refractivity contribution is -0.169. The van der Waals surface area contributed by atoms with E-state index in [0.717, 1.165) is 0 Å². The molecule has 1 spiro atoms. The number of carbonyl (C=O) groups excluding carboxylic acids is 3. The smallest absolute Gasteiger partial charge is 0.411 e. The molecule has 2 N–H and O–H groups in total. The van der Waals surface area contributed by atoms with Gasteiger partial charge in [0.25, 0.3) is 5.91 Å². The Balaban J connectivity index is 0.00000320. The van der Waals surface area contributed by atoms with Gasteiger partial charge in [-0.1, -0.05) is 0 Å². The zero-order chi connectivity index (χ0) is 21.2. The molecular weight excluding hydrogens is 410 g/mol. The molecule has 3 heterocycles. The molecule has 3 rings (SSSR count). The molecule has 0 radical (unpaired) electrons. The largest absolute Gasteiger partial charge is 0.444 e. The fourth-order valence-electron chi connectivity index (χ4n) is 3.73. The summed E-state index contributed by atoms with van der Waals surface area (Å²) in [4.78, 5) is 48.9. The standard InChI is InChI=1S/C19H27N5O5.H2S/c1-18(2,3)29-17(28)24-9-4-6-19(24)12-23(16(19)27)13(11-25)15(26)22-10-14-20-7-5-8-21-14;/h5,7-8,13,25H,4,6,9-12H2,1-3H3,(H,22,26);1H2/t13-,19?;/m0./s1. The second kappa shape index (κ2) is 9.17. The first-order valence-corrected chi connectivity index (χ1v) is 9.64. The van der Waals surface area contributed by atoms with Crippen molar-refractivity contribution in [1.29, 1.82) is 0 Å². The number of aliphatic hydroxyl groups excluding tert-OH is 1. The van der Waals surface area contributed by atoms with Gasteiger partial charge in [-0.25, -0.2) is 14.8 Å². The van der Waals surface area contributed by atoms with Crippen LogP contribution in [0.1, 0.15) is 39.4 Å². The SMILES string of the molecule is CC(C)(C)OC(=O)N1CCCC12CN([C@@H](CO)C(=O)NCc1ncccn1)C2=O.S. The predicted octanol–water partition coefficient (Wildman–Crippen LogP) is 0.178. The topological polar surface area (TPSA) is 125 Å². The highest BCUT2D eigenvalue weighted by Crippen LogP contribution is 2.40. The van der Waals surface area contributed by atoms with Crippen LogP contribution < -0.4 is 5.32 Å². The van der Waals surface area contributed by atoms with Crippen molar-refractivity contribution in [3.8, 4) is 0 Å². The van der Waals surface area contributed by atoms with Crippen molar-refractivity contribution >= 4 is 31.4 Å². The molecule has 2 saturated heterocycles. The maximum absolute atomic E-state index is 13.0. The summed E-state index contributed by atoms with van der Waals surface area (Å²) in [6, 6.07) is 0.635. The normalized spacial score (nSPS) is 21.7. The molecule has 3 amide bonds. The Morgan fingerprint density at radius 3 is 2.57 bits per heavy atom. The van der Waals surface area contributed by atoms with Crippen LogP contribution in [0.4, 0.5) is 4.79 Å². The first-order valence-electron chi connectivity index (χ1n) is 9.64. The molecule has 0 bridgehead atoms. The fraction of sp³-hybridized carbons (Fsp3) is 0.632. The summed E-state index contributed by atoms with van der Waals surface area (Å²) >= 11 is 0. The van der Waals surface area contributed by atoms with Gasteiger partial charge in [0, 0.05) is 18.9 Å². The fourth-order valence-corrected chi connectivity index (χ4v) is 3.73. The van der Waals surface area contributed by atoms with Crippen LogP contribution in [0.2, 0.25) is 0 Å². The Kier molecular flexibility index (Phi) is 7.30. The molecule has 166 valence electrons. The van der Waals surface area contributed by atoms with Crippen molar-refractivity contribution in [2.45, 2.75) is 57.3 Å². The third-order valence-electron chi connectivity index (χ3n) is 5.09. The van der Waals surface area contributed by atoms with Crippen LogP contribution >= 0.6 is 13.5 Å². The lowest BCUT2D eigenvalue weighted by Gasteiger charge is -2.52. The average molecular weight is 440 g/mol. The van der Waals surface area contributed by atoms with E-state index < -0.39 is 35.8 Å². The first-order chi connectivity index (χ1) is 13.7. The van der Waals surface area contributed by atoms with Gasteiger partial charge in [-0.3, -0.25) is 14.5 Å². The van der Waals surface area contributed by atoms with Crippen molar-refractivity contribution in [2.75, 3.05) is 19.7 Å². The molecule has 11 heteroatoms. The number of ether oxygens (including phenoxy) is 1. The van der Waals surface area contributed by atoms with Gasteiger partial charge in [-0.15, -0.1) is 0 Å². The van der Waals surface area contributed by atoms with Gasteiger partial charge < -0.3 is 20.1 Å². The summed E-state index contributed by atoms with van der Waals surface area (Å²) in [6.07, 6.45) is 3.78. The van der Waals surface area contributed by atoms with Crippen LogP contribution in [0.3, 0.4) is 0 Å². The molecule has 1 aromatic heterocycles. The van der Waals surface area contributed by atoms with Gasteiger partial charge >= 0.3 is 6.09 Å². The molecule has 10 nitrogen and oxygen atoms in total. The second-order valence-electron chi connectivity index (χ2n) is 8.28. The van der Waals surface area contributed by atoms with Gasteiger partial charge in [0.15, 0.2) is 0 Å². The van der Waals surface area contributed by atoms with Crippen molar-refractivity contribution in [3.05, 3.63) is 24.3 Å². The molecule has 2 aliphatic heterocycles. The Morgan fingerprint density at radius 1 is 1.33 bits per heavy atom. The summed E-state index contributed by atoms with van der Waals surface area (Å²) in [5.41, 5.74) is -1.65. The van der Waals surface area contributed by atoms with Crippen molar-refractivity contribution in [2.24, 2.45) is 0 Å². The Hall–Kier alpha value is -2.40. The van der Waals surface area contributed by atoms with Gasteiger partial charge in [0.1, 0.15) is 23.0 Å². The zero-order valence-corrected chi connectivity index (χ0v) is 18.4. The number of aromatic nitrogens is 2. The van der Waals surface area contributed by atoms with Crippen molar-refractivity contribution in [3.63, 3.8) is 0 Å². The third kappa shape index (κ3) is 4.67. The van der Waals surface area contributed by atoms with E-state index in [1.165, 1.54) is 9.80 Å². The van der Waals surface area contributed by atoms with Crippen molar-refractivity contribution in [1.82, 2.24) is 25.1 Å². The number of amides is 3. The van der Waals surface area contributed by atoms with Crippen LogP contribution in [-0.2, 0) is 20.9 Å². The van der Waals surface area contributed by atoms with E-state index in [2.05, 4.69) is 15.3 Å². The van der Waals surface area contributed by atoms with E-state index in [9.17, 15) is 19.5 Å². The van der Waals surface area contributed by atoms with Crippen LogP contribution in [-0.4, -0.2) is 79.7 Å². The van der Waals surface area contributed by atoms with E-state index in [-0.39, 0.29) is 32.5 Å². The molecule has 1 unspecified atom stereocenters. The minimum Gasteiger partial charge on any atom is -0.444 e. The minimum atomic E-state index is -1.03. The molecule has 2 atom stereocenters. The monoisotopic (exact) mass is 439 g/mol. The first kappa shape index (κ1) is 23.9. The Morgan fingerprint density at radius 2 is 2.00 bits per heavy atom. The molecule has 30 heavy (non-hydrogen) atoms. The van der Waals surface area contributed by atoms with E-state index in [1.54, 1.807) is 39.2 Å². The maximum Gasteiger partial charge on any atom is 0.411 e. The number of hydrogen-bond donors (Lipinski definition) is 2. The summed E-state index contributed by atoms with van der Waals surface area (Å²) in [7, 11) is 0. The van der Waals surface area contributed by atoms with Crippen LogP contribution in [0.15, 0.2) is 18.5 Å². The Labute approximate surface area is 182 Å². The predicted molar refractivity (Wildman–Crippen MR) is 112 cm³/mol. The summed E-state index contributed by atoms with van der Waals surface area (Å²) in [5.74, 6) is -0.410. The minimum absolute atomic E-state index is 0. The quantitative estimate of drug-likeness (QED) is 0.627. The molecule has 0 aliphatic carbocycles. The highest BCUT2D eigenvalue weighted by Gasteiger charge is 2.62. The van der Waals surface area contributed by atoms with Crippen molar-refractivity contribution < 1.29 is 24.2 Å². The van der Waals surface area contributed by atoms with Crippen LogP contribution in [0, 0.1) is 0 Å². The molecule has 0 aromatic carbocycles. The van der Waals surface area contributed by atoms with E-state index in [4.69, 9.17) is 4.74 Å². The number of nitrogens with zero attached hydrogens (tertiary/aromatic N) is 4. The molecule has 0 saturated carbocycles. The number of nitrogens with one attached hydrogen (secondary N) is 1. The molecule has 2 aliphatic rings. The van der Waals surface area contributed by atoms with E-state index >= 15 is 0 Å². The van der Waals surface area contributed by atoms with Gasteiger partial charge in [0.2, 0.25) is 5.91 Å². The molecule has 1 aromatic rings. The highest BCUT2D eigenvalue weighted by molar-refractivity contribution is 7.59. The number of β-lactam (4-membered cyclic amide) rings is 1. The molecule has 2 fully saturated rings. The average Bonchev–Trinajstić information content (AvgIpc) is 3.13. The number of aliphatic hydroxyl groups is 1. The lowest BCUT2D eigenvalue weighted by Crippen LogP contribution is -2.76. The summed E-state index contributed by atoms with van der Waals surface area (Å²) < 4.78 is 5.43. The van der Waals surface area contributed by atoms with Gasteiger partial charge in [0.05, 0.1) is 19.7 Å². The van der Waals surface area contributed by atoms with Crippen LogP contribution in [0.5, 0.6) is 0 Å². The van der Waals surface area contributed by atoms with Gasteiger partial charge in [-0.2, -0.15) is 13.5 Å². The number of hydrogen-bond acceptors (Lipinski definition) is 7. The summed E-state index contributed by atoms with van der Waals surface area (Å²) in [5, 5.41) is 12.4. The number of rotatable bonds is 5. The summed E-state index contributed by atoms with van der Waals surface area (Å²) in [6.45, 7) is 5.49. The van der Waals surface area contributed by atoms with E-state index in [0.29, 0.717) is 25.2 Å². The maximum atomic E-state index is 13.0. The number of carbonyl (C=O) groups is 3.